The Kier molecular flexibility index (Phi) is 4.67. The summed E-state index contributed by atoms with van der Waals surface area (Å²) < 4.78 is 0. The molecule has 12 heavy (non-hydrogen) atoms. The summed E-state index contributed by atoms with van der Waals surface area (Å²) in [6.07, 6.45) is 7.13. The molecule has 0 atom stereocenters. The topological polar surface area (TPSA) is 12.0 Å². The molecule has 1 N–H and O–H groups in total. The number of nitrogens with one attached hydrogen (secondary N) is 1. The van der Waals surface area contributed by atoms with Gasteiger partial charge in [0.15, 0.2) is 0 Å². The summed E-state index contributed by atoms with van der Waals surface area (Å²) in [5.74, 6) is 1.89. The summed E-state index contributed by atoms with van der Waals surface area (Å²) in [6, 6.07) is 0. The summed E-state index contributed by atoms with van der Waals surface area (Å²) in [6.45, 7) is 7.10. The highest BCUT2D eigenvalue weighted by Gasteiger charge is 2.15. The Morgan fingerprint density at radius 1 is 1.33 bits per heavy atom. The third-order valence-electron chi connectivity index (χ3n) is 2.79. The Balaban J connectivity index is 1.76. The second-order valence-electron chi connectivity index (χ2n) is 4.54. The Morgan fingerprint density at radius 2 is 2.08 bits per heavy atom. The molecule has 0 aromatic rings. The highest BCUT2D eigenvalue weighted by molar-refractivity contribution is 4.71. The molecule has 72 valence electrons. The van der Waals surface area contributed by atoms with Crippen molar-refractivity contribution in [2.24, 2.45) is 11.8 Å². The Morgan fingerprint density at radius 3 is 2.58 bits per heavy atom. The molecule has 1 rings (SSSR count). The smallest absolute Gasteiger partial charge is 0.00205 e. The molecule has 0 aromatic heterocycles. The number of hydrogen-bond acceptors (Lipinski definition) is 1. The average Bonchev–Trinajstić information content (AvgIpc) is 1.92. The molecule has 0 radical (unpaired) electrons. The summed E-state index contributed by atoms with van der Waals surface area (Å²) in [7, 11) is 0. The zero-order valence-electron chi connectivity index (χ0n) is 8.60. The first-order chi connectivity index (χ1) is 5.79. The van der Waals surface area contributed by atoms with E-state index in [2.05, 4.69) is 19.2 Å². The van der Waals surface area contributed by atoms with E-state index in [-0.39, 0.29) is 0 Å². The van der Waals surface area contributed by atoms with E-state index in [4.69, 9.17) is 0 Å². The normalized spacial score (nSPS) is 18.2. The molecule has 1 nitrogen and oxygen atoms in total. The molecule has 0 spiro atoms. The van der Waals surface area contributed by atoms with Crippen LogP contribution < -0.4 is 5.32 Å². The predicted octanol–water partition coefficient (Wildman–Crippen LogP) is 2.81. The van der Waals surface area contributed by atoms with E-state index < -0.39 is 0 Å². The standard InChI is InChI=1S/C11H23N/c1-10(2)5-4-8-12-9-11-6-3-7-11/h10-12H,3-9H2,1-2H3. The monoisotopic (exact) mass is 169 g/mol. The van der Waals surface area contributed by atoms with E-state index in [1.165, 1.54) is 45.2 Å². The third-order valence-corrected chi connectivity index (χ3v) is 2.79. The van der Waals surface area contributed by atoms with Crippen LogP contribution in [0.4, 0.5) is 0 Å². The molecule has 1 aliphatic carbocycles. The van der Waals surface area contributed by atoms with Crippen molar-refractivity contribution in [3.8, 4) is 0 Å². The van der Waals surface area contributed by atoms with E-state index in [9.17, 15) is 0 Å². The Bertz CT molecular complexity index is 106. The van der Waals surface area contributed by atoms with Crippen molar-refractivity contribution < 1.29 is 0 Å². The minimum atomic E-state index is 0.871. The first-order valence-corrected chi connectivity index (χ1v) is 5.49. The maximum atomic E-state index is 3.54. The van der Waals surface area contributed by atoms with Crippen LogP contribution in [0.15, 0.2) is 0 Å². The predicted molar refractivity (Wildman–Crippen MR) is 54.3 cm³/mol. The van der Waals surface area contributed by atoms with E-state index >= 15 is 0 Å². The molecule has 0 bridgehead atoms. The maximum Gasteiger partial charge on any atom is -0.00205 e. The lowest BCUT2D eigenvalue weighted by Crippen LogP contribution is -2.28. The van der Waals surface area contributed by atoms with E-state index in [0.717, 1.165) is 11.8 Å². The fourth-order valence-corrected chi connectivity index (χ4v) is 1.64. The molecule has 0 aromatic carbocycles. The molecule has 0 unspecified atom stereocenters. The van der Waals surface area contributed by atoms with Crippen LogP contribution in [0.25, 0.3) is 0 Å². The highest BCUT2D eigenvalue weighted by atomic mass is 14.9. The van der Waals surface area contributed by atoms with Crippen molar-refractivity contribution >= 4 is 0 Å². The molecule has 1 saturated carbocycles. The van der Waals surface area contributed by atoms with E-state index in [0.29, 0.717) is 0 Å². The van der Waals surface area contributed by atoms with E-state index in [1.807, 2.05) is 0 Å². The Hall–Kier alpha value is -0.0400. The van der Waals surface area contributed by atoms with Gasteiger partial charge in [-0.2, -0.15) is 0 Å². The van der Waals surface area contributed by atoms with Crippen LogP contribution in [0.5, 0.6) is 0 Å². The van der Waals surface area contributed by atoms with Gasteiger partial charge in [-0.15, -0.1) is 0 Å². The van der Waals surface area contributed by atoms with Gasteiger partial charge in [-0.3, -0.25) is 0 Å². The lowest BCUT2D eigenvalue weighted by molar-refractivity contribution is 0.300. The summed E-state index contributed by atoms with van der Waals surface area (Å²) in [4.78, 5) is 0. The van der Waals surface area contributed by atoms with Gasteiger partial charge >= 0.3 is 0 Å². The fraction of sp³-hybridized carbons (Fsp3) is 1.00. The quantitative estimate of drug-likeness (QED) is 0.603. The minimum Gasteiger partial charge on any atom is -0.316 e. The van der Waals surface area contributed by atoms with Crippen LogP contribution in [0.1, 0.15) is 46.0 Å². The lowest BCUT2D eigenvalue weighted by Gasteiger charge is -2.25. The van der Waals surface area contributed by atoms with Gasteiger partial charge in [0, 0.05) is 0 Å². The van der Waals surface area contributed by atoms with Gasteiger partial charge in [0.05, 0.1) is 0 Å². The first-order valence-electron chi connectivity index (χ1n) is 5.49. The van der Waals surface area contributed by atoms with Gasteiger partial charge in [-0.05, 0) is 50.6 Å². The summed E-state index contributed by atoms with van der Waals surface area (Å²) in [5, 5.41) is 3.54. The van der Waals surface area contributed by atoms with Crippen LogP contribution in [0.3, 0.4) is 0 Å². The van der Waals surface area contributed by atoms with Crippen molar-refractivity contribution in [3.05, 3.63) is 0 Å². The van der Waals surface area contributed by atoms with Gasteiger partial charge in [0.2, 0.25) is 0 Å². The molecule has 0 aliphatic heterocycles. The van der Waals surface area contributed by atoms with Crippen LogP contribution in [-0.2, 0) is 0 Å². The minimum absolute atomic E-state index is 0.871. The molecule has 1 heteroatoms. The third kappa shape index (κ3) is 4.10. The second kappa shape index (κ2) is 5.58. The van der Waals surface area contributed by atoms with Crippen molar-refractivity contribution in [2.45, 2.75) is 46.0 Å². The highest BCUT2D eigenvalue weighted by Crippen LogP contribution is 2.25. The van der Waals surface area contributed by atoms with Crippen LogP contribution in [0, 0.1) is 11.8 Å². The van der Waals surface area contributed by atoms with Crippen molar-refractivity contribution in [3.63, 3.8) is 0 Å². The Labute approximate surface area is 76.9 Å². The van der Waals surface area contributed by atoms with Crippen molar-refractivity contribution in [2.75, 3.05) is 13.1 Å². The largest absolute Gasteiger partial charge is 0.316 e. The van der Waals surface area contributed by atoms with Crippen LogP contribution >= 0.6 is 0 Å². The SMILES string of the molecule is CC(C)CCCNCC1CCC1. The summed E-state index contributed by atoms with van der Waals surface area (Å²) >= 11 is 0. The first kappa shape index (κ1) is 10.0. The molecule has 0 heterocycles. The molecule has 1 aliphatic rings. The molecule has 0 amide bonds. The van der Waals surface area contributed by atoms with E-state index in [1.54, 1.807) is 0 Å². The average molecular weight is 169 g/mol. The van der Waals surface area contributed by atoms with Gasteiger partial charge in [-0.25, -0.2) is 0 Å². The summed E-state index contributed by atoms with van der Waals surface area (Å²) in [5.41, 5.74) is 0. The van der Waals surface area contributed by atoms with Gasteiger partial charge in [-0.1, -0.05) is 20.3 Å². The zero-order valence-corrected chi connectivity index (χ0v) is 8.60. The number of rotatable bonds is 6. The van der Waals surface area contributed by atoms with Crippen molar-refractivity contribution in [1.82, 2.24) is 5.32 Å². The van der Waals surface area contributed by atoms with Gasteiger partial charge in [0.25, 0.3) is 0 Å². The van der Waals surface area contributed by atoms with Gasteiger partial charge in [0.1, 0.15) is 0 Å². The second-order valence-corrected chi connectivity index (χ2v) is 4.54. The fourth-order valence-electron chi connectivity index (χ4n) is 1.64. The van der Waals surface area contributed by atoms with Gasteiger partial charge < -0.3 is 5.32 Å². The molecular weight excluding hydrogens is 146 g/mol. The van der Waals surface area contributed by atoms with Crippen LogP contribution in [0.2, 0.25) is 0 Å². The molecule has 0 saturated heterocycles. The van der Waals surface area contributed by atoms with Crippen LogP contribution in [-0.4, -0.2) is 13.1 Å². The zero-order chi connectivity index (χ0) is 8.81. The van der Waals surface area contributed by atoms with Crippen molar-refractivity contribution in [1.29, 1.82) is 0 Å². The molecular formula is C11H23N. The lowest BCUT2D eigenvalue weighted by atomic mass is 9.85. The maximum absolute atomic E-state index is 3.54. The number of hydrogen-bond donors (Lipinski definition) is 1. The molecule has 1 fully saturated rings.